The van der Waals surface area contributed by atoms with E-state index in [9.17, 15) is 31.8 Å². The highest BCUT2D eigenvalue weighted by Crippen LogP contribution is 2.39. The van der Waals surface area contributed by atoms with Gasteiger partial charge in [-0.15, -0.1) is 12.6 Å². The number of thiol groups is 1. The van der Waals surface area contributed by atoms with E-state index < -0.39 is 27.9 Å². The van der Waals surface area contributed by atoms with Crippen molar-refractivity contribution in [2.24, 2.45) is 0 Å². The lowest BCUT2D eigenvalue weighted by atomic mass is 9.95. The molecule has 2 aromatic rings. The van der Waals surface area contributed by atoms with Gasteiger partial charge in [-0.1, -0.05) is 24.3 Å². The number of hydrogen-bond donors (Lipinski definition) is 3. The van der Waals surface area contributed by atoms with Gasteiger partial charge in [0.1, 0.15) is 0 Å². The van der Waals surface area contributed by atoms with Crippen molar-refractivity contribution in [2.75, 3.05) is 44.2 Å². The molecule has 0 unspecified atom stereocenters. The number of hydrogen-bond acceptors (Lipinski definition) is 7. The van der Waals surface area contributed by atoms with Gasteiger partial charge in [0, 0.05) is 49.9 Å². The lowest BCUT2D eigenvalue weighted by Gasteiger charge is -2.46. The lowest BCUT2D eigenvalue weighted by molar-refractivity contribution is -0.258. The van der Waals surface area contributed by atoms with E-state index in [-0.39, 0.29) is 29.6 Å². The first kappa shape index (κ1) is 26.2. The number of alkyl halides is 3. The largest absolute Gasteiger partial charge is 0.421 e. The fourth-order valence-electron chi connectivity index (χ4n) is 4.49. The number of aliphatic hydroxyl groups excluding tert-OH is 1. The number of β-amino-alcohol motifs (C(OH)–C–C–N with tert-alkyl or cyclic N) is 1. The lowest BCUT2D eigenvalue weighted by Crippen LogP contribution is -2.62. The summed E-state index contributed by atoms with van der Waals surface area (Å²) in [6.07, 6.45) is -5.25. The van der Waals surface area contributed by atoms with E-state index in [2.05, 4.69) is 12.6 Å². The second-order valence-electron chi connectivity index (χ2n) is 9.17. The predicted molar refractivity (Wildman–Crippen MR) is 128 cm³/mol. The van der Waals surface area contributed by atoms with Gasteiger partial charge < -0.3 is 15.1 Å². The van der Waals surface area contributed by atoms with Crippen LogP contribution in [0.2, 0.25) is 0 Å². The molecule has 0 bridgehead atoms. The van der Waals surface area contributed by atoms with Gasteiger partial charge in [0.2, 0.25) is 10.0 Å². The quantitative estimate of drug-likeness (QED) is 0.497. The zero-order valence-electron chi connectivity index (χ0n) is 19.1. The molecule has 2 atom stereocenters. The van der Waals surface area contributed by atoms with Crippen LogP contribution >= 0.6 is 12.6 Å². The molecule has 2 heterocycles. The van der Waals surface area contributed by atoms with Crippen molar-refractivity contribution in [3.8, 4) is 0 Å². The minimum absolute atomic E-state index is 0.119. The Morgan fingerprint density at radius 3 is 2.23 bits per heavy atom. The molecule has 2 aromatic carbocycles. The zero-order chi connectivity index (χ0) is 25.6. The number of piperazine rings is 1. The molecule has 0 aromatic heterocycles. The van der Waals surface area contributed by atoms with Crippen molar-refractivity contribution in [3.05, 3.63) is 54.1 Å². The Hall–Kier alpha value is -1.83. The number of rotatable bonds is 6. The molecule has 2 N–H and O–H groups in total. The van der Waals surface area contributed by atoms with Gasteiger partial charge in [-0.2, -0.15) is 17.5 Å². The van der Waals surface area contributed by atoms with Crippen molar-refractivity contribution < 1.29 is 31.8 Å². The van der Waals surface area contributed by atoms with Gasteiger partial charge in [-0.25, -0.2) is 8.42 Å². The average molecular weight is 532 g/mol. The van der Waals surface area contributed by atoms with Crippen LogP contribution in [0.15, 0.2) is 58.3 Å². The normalized spacial score (nSPS) is 22.6. The van der Waals surface area contributed by atoms with Crippen molar-refractivity contribution in [1.82, 2.24) is 9.21 Å². The van der Waals surface area contributed by atoms with E-state index in [1.54, 1.807) is 18.2 Å². The fraction of sp³-hybridized carbons (Fsp3) is 0.478. The highest BCUT2D eigenvalue weighted by molar-refractivity contribution is 7.90. The van der Waals surface area contributed by atoms with E-state index in [1.165, 1.54) is 34.6 Å². The summed E-state index contributed by atoms with van der Waals surface area (Å²) in [5.41, 5.74) is -2.63. The molecule has 0 aliphatic carbocycles. The van der Waals surface area contributed by atoms with Crippen LogP contribution in [-0.2, 0) is 15.6 Å². The SMILES string of the molecule is C[C@@](O)(c1ccc(N2CCN(S(=O)(=O)c3ccccc3S)C[C@@H]2CN2CC(O)C2)cc1)C(F)(F)F. The number of aliphatic hydroxyl groups is 2. The number of halogens is 3. The predicted octanol–water partition coefficient (Wildman–Crippen LogP) is 2.30. The smallest absolute Gasteiger partial charge is 0.390 e. The maximum Gasteiger partial charge on any atom is 0.421 e. The van der Waals surface area contributed by atoms with E-state index >= 15 is 0 Å². The van der Waals surface area contributed by atoms with Crippen LogP contribution < -0.4 is 4.90 Å². The Morgan fingerprint density at radius 1 is 1.03 bits per heavy atom. The molecule has 2 fully saturated rings. The molecule has 0 spiro atoms. The monoisotopic (exact) mass is 531 g/mol. The Balaban J connectivity index is 1.59. The molecule has 0 amide bonds. The van der Waals surface area contributed by atoms with Crippen LogP contribution in [0.25, 0.3) is 0 Å². The van der Waals surface area contributed by atoms with Crippen LogP contribution in [-0.4, -0.2) is 85.4 Å². The molecule has 192 valence electrons. The van der Waals surface area contributed by atoms with Gasteiger partial charge in [0.25, 0.3) is 0 Å². The summed E-state index contributed by atoms with van der Waals surface area (Å²) in [7, 11) is -3.80. The second kappa shape index (κ2) is 9.56. The average Bonchev–Trinajstić information content (AvgIpc) is 2.77. The van der Waals surface area contributed by atoms with Crippen molar-refractivity contribution in [1.29, 1.82) is 0 Å². The third-order valence-corrected chi connectivity index (χ3v) is 9.11. The van der Waals surface area contributed by atoms with E-state index in [1.807, 2.05) is 9.80 Å². The second-order valence-corrected chi connectivity index (χ2v) is 11.6. The first-order chi connectivity index (χ1) is 16.3. The molecule has 4 rings (SSSR count). The highest BCUT2D eigenvalue weighted by Gasteiger charge is 2.51. The van der Waals surface area contributed by atoms with E-state index in [4.69, 9.17) is 0 Å². The first-order valence-electron chi connectivity index (χ1n) is 11.2. The number of benzene rings is 2. The Morgan fingerprint density at radius 2 is 1.66 bits per heavy atom. The molecule has 35 heavy (non-hydrogen) atoms. The van der Waals surface area contributed by atoms with E-state index in [0.29, 0.717) is 43.7 Å². The maximum absolute atomic E-state index is 13.3. The molecular formula is C23H28F3N3O4S2. The first-order valence-corrected chi connectivity index (χ1v) is 13.0. The Bertz CT molecular complexity index is 1150. The summed E-state index contributed by atoms with van der Waals surface area (Å²) in [5.74, 6) is 0. The van der Waals surface area contributed by atoms with Crippen LogP contribution in [0.4, 0.5) is 18.9 Å². The molecule has 7 nitrogen and oxygen atoms in total. The summed E-state index contributed by atoms with van der Waals surface area (Å²) in [5, 5.41) is 19.6. The van der Waals surface area contributed by atoms with E-state index in [0.717, 1.165) is 0 Å². The molecule has 2 saturated heterocycles. The third kappa shape index (κ3) is 5.18. The van der Waals surface area contributed by atoms with Gasteiger partial charge in [-0.3, -0.25) is 4.90 Å². The molecule has 2 aliphatic heterocycles. The number of likely N-dealkylation sites (tertiary alicyclic amines) is 1. The van der Waals surface area contributed by atoms with Crippen LogP contribution in [0.1, 0.15) is 12.5 Å². The summed E-state index contributed by atoms with van der Waals surface area (Å²) in [6, 6.07) is 11.7. The molecule has 2 aliphatic rings. The number of nitrogens with zero attached hydrogens (tertiary/aromatic N) is 3. The third-order valence-electron chi connectivity index (χ3n) is 6.65. The van der Waals surface area contributed by atoms with Crippen LogP contribution in [0.3, 0.4) is 0 Å². The number of sulfonamides is 1. The summed E-state index contributed by atoms with van der Waals surface area (Å²) in [6.45, 7) is 2.82. The van der Waals surface area contributed by atoms with Crippen LogP contribution in [0, 0.1) is 0 Å². The van der Waals surface area contributed by atoms with Crippen molar-refractivity contribution in [2.45, 2.75) is 40.6 Å². The molecule has 12 heteroatoms. The van der Waals surface area contributed by atoms with Crippen molar-refractivity contribution in [3.63, 3.8) is 0 Å². The Labute approximate surface area is 208 Å². The highest BCUT2D eigenvalue weighted by atomic mass is 32.2. The summed E-state index contributed by atoms with van der Waals surface area (Å²) in [4.78, 5) is 4.45. The van der Waals surface area contributed by atoms with Gasteiger partial charge in [-0.05, 0) is 36.8 Å². The molecule has 0 radical (unpaired) electrons. The summed E-state index contributed by atoms with van der Waals surface area (Å²) >= 11 is 4.30. The Kier molecular flexibility index (Phi) is 7.17. The maximum atomic E-state index is 13.3. The molecular weight excluding hydrogens is 503 g/mol. The standard InChI is InChI=1S/C23H28F3N3O4S2/c1-22(31,23(24,25)26)16-6-8-17(9-7-16)29-11-10-28(13-18(29)12-27-14-19(30)15-27)35(32,33)21-5-3-2-4-20(21)34/h2-9,18-19,30-31,34H,10-15H2,1H3/t18-,22+/m0/s1. The minimum atomic E-state index is -4.82. The minimum Gasteiger partial charge on any atom is -0.390 e. The topological polar surface area (TPSA) is 84.3 Å². The van der Waals surface area contributed by atoms with Gasteiger partial charge >= 0.3 is 6.18 Å². The summed E-state index contributed by atoms with van der Waals surface area (Å²) < 4.78 is 67.8. The van der Waals surface area contributed by atoms with Gasteiger partial charge in [0.15, 0.2) is 5.60 Å². The van der Waals surface area contributed by atoms with Crippen molar-refractivity contribution >= 4 is 28.3 Å². The fourth-order valence-corrected chi connectivity index (χ4v) is 6.54. The van der Waals surface area contributed by atoms with Gasteiger partial charge in [0.05, 0.1) is 17.0 Å². The van der Waals surface area contributed by atoms with Crippen LogP contribution in [0.5, 0.6) is 0 Å². The zero-order valence-corrected chi connectivity index (χ0v) is 20.8. The number of anilines is 1. The molecule has 0 saturated carbocycles.